The molecule has 4 rings (SSSR count). The van der Waals surface area contributed by atoms with Gasteiger partial charge in [0.15, 0.2) is 0 Å². The van der Waals surface area contributed by atoms with Crippen LogP contribution in [0.5, 0.6) is 0 Å². The number of aliphatic hydroxyl groups excluding tert-OH is 1. The van der Waals surface area contributed by atoms with Gasteiger partial charge in [0.2, 0.25) is 0 Å². The molecule has 1 fully saturated rings. The summed E-state index contributed by atoms with van der Waals surface area (Å²) in [5, 5.41) is 10.7. The number of rotatable bonds is 8. The predicted molar refractivity (Wildman–Crippen MR) is 135 cm³/mol. The fourth-order valence-corrected chi connectivity index (χ4v) is 4.50. The van der Waals surface area contributed by atoms with Gasteiger partial charge in [-0.05, 0) is 48.5 Å². The Kier molecular flexibility index (Phi) is 8.72. The lowest BCUT2D eigenvalue weighted by Crippen LogP contribution is -2.37. The Hall–Kier alpha value is -2.90. The van der Waals surface area contributed by atoms with E-state index >= 15 is 0 Å². The van der Waals surface area contributed by atoms with Gasteiger partial charge in [-0.1, -0.05) is 103 Å². The SMILES string of the molecule is O[C@@H](C#CCN(Cc1ccccc1)Cc1ccccc1)C1CCN(Cc2ccccc2)CC1. The smallest absolute Gasteiger partial charge is 0.117 e. The third kappa shape index (κ3) is 7.58. The zero-order valence-corrected chi connectivity index (χ0v) is 19.3. The average Bonchev–Trinajstić information content (AvgIpc) is 2.86. The molecule has 0 amide bonds. The Bertz CT molecular complexity index is 961. The van der Waals surface area contributed by atoms with Crippen LogP contribution in [0.25, 0.3) is 0 Å². The van der Waals surface area contributed by atoms with Crippen molar-refractivity contribution >= 4 is 0 Å². The van der Waals surface area contributed by atoms with Crippen LogP contribution in [0.3, 0.4) is 0 Å². The van der Waals surface area contributed by atoms with E-state index in [2.05, 4.69) is 101 Å². The van der Waals surface area contributed by atoms with Crippen LogP contribution in [0.4, 0.5) is 0 Å². The summed E-state index contributed by atoms with van der Waals surface area (Å²) in [6.07, 6.45) is 1.46. The molecule has 1 aliphatic rings. The summed E-state index contributed by atoms with van der Waals surface area (Å²) in [6, 6.07) is 31.7. The molecule has 3 aromatic carbocycles. The van der Waals surface area contributed by atoms with Gasteiger partial charge < -0.3 is 5.11 Å². The molecule has 1 saturated heterocycles. The molecule has 3 aromatic rings. The van der Waals surface area contributed by atoms with Gasteiger partial charge in [-0.25, -0.2) is 0 Å². The molecule has 3 heteroatoms. The van der Waals surface area contributed by atoms with Crippen molar-refractivity contribution in [3.05, 3.63) is 108 Å². The Morgan fingerprint density at radius 3 is 1.76 bits per heavy atom. The first-order valence-electron chi connectivity index (χ1n) is 12.0. The minimum atomic E-state index is -0.542. The number of benzene rings is 3. The van der Waals surface area contributed by atoms with E-state index in [1.165, 1.54) is 16.7 Å². The number of nitrogens with zero attached hydrogens (tertiary/aromatic N) is 2. The fourth-order valence-electron chi connectivity index (χ4n) is 4.50. The lowest BCUT2D eigenvalue weighted by molar-refractivity contribution is 0.0919. The van der Waals surface area contributed by atoms with Gasteiger partial charge in [0.1, 0.15) is 6.10 Å². The second-order valence-electron chi connectivity index (χ2n) is 8.98. The summed E-state index contributed by atoms with van der Waals surface area (Å²) in [5.41, 5.74) is 3.91. The maximum absolute atomic E-state index is 10.7. The molecule has 1 N–H and O–H groups in total. The maximum Gasteiger partial charge on any atom is 0.117 e. The molecule has 0 unspecified atom stereocenters. The summed E-state index contributed by atoms with van der Waals surface area (Å²) in [7, 11) is 0. The number of likely N-dealkylation sites (tertiary alicyclic amines) is 1. The molecule has 1 atom stereocenters. The van der Waals surface area contributed by atoms with Gasteiger partial charge in [0.05, 0.1) is 6.54 Å². The van der Waals surface area contributed by atoms with Crippen molar-refractivity contribution in [2.24, 2.45) is 5.92 Å². The van der Waals surface area contributed by atoms with Gasteiger partial charge >= 0.3 is 0 Å². The van der Waals surface area contributed by atoms with Crippen molar-refractivity contribution in [3.8, 4) is 11.8 Å². The van der Waals surface area contributed by atoms with Crippen molar-refractivity contribution in [1.29, 1.82) is 0 Å². The summed E-state index contributed by atoms with van der Waals surface area (Å²) in [6.45, 7) is 5.37. The largest absolute Gasteiger partial charge is 0.380 e. The molecule has 0 aliphatic carbocycles. The highest BCUT2D eigenvalue weighted by molar-refractivity contribution is 5.18. The van der Waals surface area contributed by atoms with Gasteiger partial charge in [0.25, 0.3) is 0 Å². The molecule has 33 heavy (non-hydrogen) atoms. The second-order valence-corrected chi connectivity index (χ2v) is 8.98. The Labute approximate surface area is 198 Å². The van der Waals surface area contributed by atoms with E-state index in [9.17, 15) is 5.11 Å². The molecule has 0 bridgehead atoms. The van der Waals surface area contributed by atoms with Crippen molar-refractivity contribution < 1.29 is 5.11 Å². The van der Waals surface area contributed by atoms with Crippen LogP contribution in [-0.4, -0.2) is 40.6 Å². The number of hydrogen-bond donors (Lipinski definition) is 1. The maximum atomic E-state index is 10.7. The lowest BCUT2D eigenvalue weighted by Gasteiger charge is -2.32. The molecule has 3 nitrogen and oxygen atoms in total. The van der Waals surface area contributed by atoms with E-state index in [0.717, 1.165) is 45.6 Å². The molecule has 170 valence electrons. The Morgan fingerprint density at radius 1 is 0.758 bits per heavy atom. The highest BCUT2D eigenvalue weighted by Gasteiger charge is 2.24. The number of aliphatic hydroxyl groups is 1. The van der Waals surface area contributed by atoms with E-state index in [4.69, 9.17) is 0 Å². The van der Waals surface area contributed by atoms with Crippen molar-refractivity contribution in [3.63, 3.8) is 0 Å². The molecular weight excluding hydrogens is 404 g/mol. The van der Waals surface area contributed by atoms with Crippen LogP contribution < -0.4 is 0 Å². The molecule has 0 aromatic heterocycles. The third-order valence-electron chi connectivity index (χ3n) is 6.38. The standard InChI is InChI=1S/C30H34N2O/c33-30(29-18-21-31(22-19-29)23-26-11-4-1-5-12-26)17-10-20-32(24-27-13-6-2-7-14-27)25-28-15-8-3-9-16-28/h1-9,11-16,29-30,33H,18-25H2/t30-/m0/s1. The number of hydrogen-bond acceptors (Lipinski definition) is 3. The van der Waals surface area contributed by atoms with E-state index in [1.54, 1.807) is 0 Å². The highest BCUT2D eigenvalue weighted by atomic mass is 16.3. The molecule has 0 radical (unpaired) electrons. The molecule has 1 aliphatic heterocycles. The topological polar surface area (TPSA) is 26.7 Å². The van der Waals surface area contributed by atoms with E-state index in [0.29, 0.717) is 6.54 Å². The molecule has 0 saturated carbocycles. The average molecular weight is 439 g/mol. The fraction of sp³-hybridized carbons (Fsp3) is 0.333. The molecule has 0 spiro atoms. The first kappa shape index (κ1) is 23.3. The minimum Gasteiger partial charge on any atom is -0.380 e. The predicted octanol–water partition coefficient (Wildman–Crippen LogP) is 4.97. The quantitative estimate of drug-likeness (QED) is 0.503. The first-order chi connectivity index (χ1) is 16.3. The van der Waals surface area contributed by atoms with Crippen LogP contribution in [0.15, 0.2) is 91.0 Å². The molecule has 1 heterocycles. The second kappa shape index (κ2) is 12.4. The van der Waals surface area contributed by atoms with Crippen molar-refractivity contribution in [2.75, 3.05) is 19.6 Å². The zero-order chi connectivity index (χ0) is 22.7. The highest BCUT2D eigenvalue weighted by Crippen LogP contribution is 2.22. The van der Waals surface area contributed by atoms with Crippen LogP contribution >= 0.6 is 0 Å². The summed E-state index contributed by atoms with van der Waals surface area (Å²) in [5.74, 6) is 6.72. The van der Waals surface area contributed by atoms with Crippen molar-refractivity contribution in [2.45, 2.75) is 38.6 Å². The zero-order valence-electron chi connectivity index (χ0n) is 19.3. The minimum absolute atomic E-state index is 0.265. The summed E-state index contributed by atoms with van der Waals surface area (Å²) >= 11 is 0. The monoisotopic (exact) mass is 438 g/mol. The van der Waals surface area contributed by atoms with Gasteiger partial charge in [-0.15, -0.1) is 0 Å². The third-order valence-corrected chi connectivity index (χ3v) is 6.38. The van der Waals surface area contributed by atoms with Crippen molar-refractivity contribution in [1.82, 2.24) is 9.80 Å². The number of piperidine rings is 1. The van der Waals surface area contributed by atoms with E-state index in [1.807, 2.05) is 12.1 Å². The van der Waals surface area contributed by atoms with Gasteiger partial charge in [-0.2, -0.15) is 0 Å². The van der Waals surface area contributed by atoms with Crippen LogP contribution in [-0.2, 0) is 19.6 Å². The van der Waals surface area contributed by atoms with Gasteiger partial charge in [-0.3, -0.25) is 9.80 Å². The van der Waals surface area contributed by atoms with Crippen LogP contribution in [0, 0.1) is 17.8 Å². The van der Waals surface area contributed by atoms with Gasteiger partial charge in [0, 0.05) is 19.6 Å². The first-order valence-corrected chi connectivity index (χ1v) is 12.0. The normalized spacial score (nSPS) is 15.7. The lowest BCUT2D eigenvalue weighted by atomic mass is 9.91. The summed E-state index contributed by atoms with van der Waals surface area (Å²) in [4.78, 5) is 4.82. The Balaban J connectivity index is 1.29. The van der Waals surface area contributed by atoms with Crippen LogP contribution in [0.2, 0.25) is 0 Å². The van der Waals surface area contributed by atoms with E-state index in [-0.39, 0.29) is 5.92 Å². The summed E-state index contributed by atoms with van der Waals surface area (Å²) < 4.78 is 0. The van der Waals surface area contributed by atoms with Crippen LogP contribution in [0.1, 0.15) is 29.5 Å². The van der Waals surface area contributed by atoms with E-state index < -0.39 is 6.10 Å². The Morgan fingerprint density at radius 2 is 1.24 bits per heavy atom. The molecular formula is C30H34N2O.